The van der Waals surface area contributed by atoms with Gasteiger partial charge in [0.2, 0.25) is 0 Å². The molecule has 0 amide bonds. The van der Waals surface area contributed by atoms with Crippen molar-refractivity contribution in [1.29, 1.82) is 0 Å². The first-order chi connectivity index (χ1) is 10.8. The van der Waals surface area contributed by atoms with Crippen molar-refractivity contribution in [2.24, 2.45) is 0 Å². The molecule has 2 aromatic carbocycles. The summed E-state index contributed by atoms with van der Waals surface area (Å²) in [4.78, 5) is 19.4. The van der Waals surface area contributed by atoms with Gasteiger partial charge < -0.3 is 14.5 Å². The smallest absolute Gasteiger partial charge is 0.259 e. The molecular weight excluding hydrogens is 280 g/mol. The molecule has 0 atom stereocenters. The summed E-state index contributed by atoms with van der Waals surface area (Å²) in [7, 11) is 1.63. The molecule has 0 radical (unpaired) electrons. The number of fused-ring (bicyclic) bond motifs is 1. The second-order valence-corrected chi connectivity index (χ2v) is 4.80. The number of hydrogen-bond acceptors (Lipinski definition) is 4. The molecule has 22 heavy (non-hydrogen) atoms. The second kappa shape index (κ2) is 6.41. The summed E-state index contributed by atoms with van der Waals surface area (Å²) >= 11 is 0. The highest BCUT2D eigenvalue weighted by Crippen LogP contribution is 2.21. The fraction of sp³-hybridized carbons (Fsp3) is 0.176. The number of ether oxygens (including phenoxy) is 2. The van der Waals surface area contributed by atoms with Crippen LogP contribution in [0.4, 0.5) is 0 Å². The second-order valence-electron chi connectivity index (χ2n) is 4.80. The van der Waals surface area contributed by atoms with Crippen molar-refractivity contribution < 1.29 is 9.47 Å². The lowest BCUT2D eigenvalue weighted by Crippen LogP contribution is -2.09. The Kier molecular flexibility index (Phi) is 4.16. The van der Waals surface area contributed by atoms with E-state index >= 15 is 0 Å². The lowest BCUT2D eigenvalue weighted by molar-refractivity contribution is 0.146. The van der Waals surface area contributed by atoms with E-state index in [-0.39, 0.29) is 5.56 Å². The van der Waals surface area contributed by atoms with Crippen LogP contribution in [0.2, 0.25) is 0 Å². The highest BCUT2D eigenvalue weighted by Gasteiger charge is 2.06. The molecule has 3 rings (SSSR count). The quantitative estimate of drug-likeness (QED) is 0.735. The Hall–Kier alpha value is -2.66. The monoisotopic (exact) mass is 296 g/mol. The summed E-state index contributed by atoms with van der Waals surface area (Å²) in [5.41, 5.74) is 1.33. The maximum absolute atomic E-state index is 12.1. The van der Waals surface area contributed by atoms with Crippen molar-refractivity contribution in [1.82, 2.24) is 9.97 Å². The molecule has 0 unspecified atom stereocenters. The fourth-order valence-corrected chi connectivity index (χ4v) is 2.20. The van der Waals surface area contributed by atoms with Gasteiger partial charge in [0.15, 0.2) is 0 Å². The first-order valence-corrected chi connectivity index (χ1v) is 6.99. The number of aromatic nitrogens is 2. The molecule has 5 nitrogen and oxygen atoms in total. The molecular formula is C17H16N2O3. The van der Waals surface area contributed by atoms with E-state index in [4.69, 9.17) is 9.47 Å². The fourth-order valence-electron chi connectivity index (χ4n) is 2.20. The van der Waals surface area contributed by atoms with Crippen molar-refractivity contribution in [2.45, 2.75) is 0 Å². The van der Waals surface area contributed by atoms with Crippen LogP contribution in [0, 0.1) is 0 Å². The number of benzene rings is 2. The van der Waals surface area contributed by atoms with Crippen LogP contribution in [-0.4, -0.2) is 30.3 Å². The van der Waals surface area contributed by atoms with Gasteiger partial charge in [-0.05, 0) is 24.3 Å². The van der Waals surface area contributed by atoms with Crippen LogP contribution in [0.5, 0.6) is 5.75 Å². The van der Waals surface area contributed by atoms with Crippen molar-refractivity contribution in [2.75, 3.05) is 20.3 Å². The first-order valence-electron chi connectivity index (χ1n) is 6.99. The SMILES string of the molecule is COCCOc1cccc(-c2nc3ccccc3c(=O)[nH]2)c1. The normalized spacial score (nSPS) is 10.8. The Morgan fingerprint density at radius 2 is 1.95 bits per heavy atom. The van der Waals surface area contributed by atoms with E-state index in [0.29, 0.717) is 35.7 Å². The lowest BCUT2D eigenvalue weighted by atomic mass is 10.2. The van der Waals surface area contributed by atoms with Gasteiger partial charge in [0.25, 0.3) is 5.56 Å². The molecule has 0 saturated heterocycles. The van der Waals surface area contributed by atoms with Crippen molar-refractivity contribution in [3.63, 3.8) is 0 Å². The molecule has 0 fully saturated rings. The number of aromatic amines is 1. The molecule has 1 heterocycles. The molecule has 1 aromatic heterocycles. The van der Waals surface area contributed by atoms with Gasteiger partial charge >= 0.3 is 0 Å². The third kappa shape index (κ3) is 2.99. The van der Waals surface area contributed by atoms with E-state index < -0.39 is 0 Å². The Bertz CT molecular complexity index is 842. The van der Waals surface area contributed by atoms with E-state index in [1.807, 2.05) is 42.5 Å². The summed E-state index contributed by atoms with van der Waals surface area (Å²) in [5.74, 6) is 1.24. The predicted octanol–water partition coefficient (Wildman–Crippen LogP) is 2.62. The van der Waals surface area contributed by atoms with Crippen LogP contribution in [0.25, 0.3) is 22.3 Å². The largest absolute Gasteiger partial charge is 0.491 e. The number of methoxy groups -OCH3 is 1. The molecule has 0 saturated carbocycles. The zero-order chi connectivity index (χ0) is 15.4. The number of rotatable bonds is 5. The van der Waals surface area contributed by atoms with Gasteiger partial charge in [-0.15, -0.1) is 0 Å². The number of hydrogen-bond donors (Lipinski definition) is 1. The highest BCUT2D eigenvalue weighted by molar-refractivity contribution is 5.79. The van der Waals surface area contributed by atoms with Gasteiger partial charge in [-0.3, -0.25) is 4.79 Å². The van der Waals surface area contributed by atoms with Crippen LogP contribution < -0.4 is 10.3 Å². The minimum Gasteiger partial charge on any atom is -0.491 e. The van der Waals surface area contributed by atoms with E-state index in [0.717, 1.165) is 5.56 Å². The Morgan fingerprint density at radius 3 is 2.82 bits per heavy atom. The molecule has 0 bridgehead atoms. The molecule has 1 N–H and O–H groups in total. The summed E-state index contributed by atoms with van der Waals surface area (Å²) in [6.07, 6.45) is 0. The highest BCUT2D eigenvalue weighted by atomic mass is 16.5. The van der Waals surface area contributed by atoms with Crippen LogP contribution in [0.3, 0.4) is 0 Å². The average Bonchev–Trinajstić information content (AvgIpc) is 2.55. The molecule has 112 valence electrons. The summed E-state index contributed by atoms with van der Waals surface area (Å²) < 4.78 is 10.5. The molecule has 0 aliphatic heterocycles. The third-order valence-corrected chi connectivity index (χ3v) is 3.28. The van der Waals surface area contributed by atoms with E-state index in [9.17, 15) is 4.79 Å². The number of nitrogens with one attached hydrogen (secondary N) is 1. The lowest BCUT2D eigenvalue weighted by Gasteiger charge is -2.08. The summed E-state index contributed by atoms with van der Waals surface area (Å²) in [5, 5.41) is 0.582. The molecule has 0 aliphatic carbocycles. The topological polar surface area (TPSA) is 64.2 Å². The maximum Gasteiger partial charge on any atom is 0.259 e. The molecule has 3 aromatic rings. The van der Waals surface area contributed by atoms with Gasteiger partial charge in [-0.2, -0.15) is 0 Å². The Labute approximate surface area is 127 Å². The van der Waals surface area contributed by atoms with Crippen LogP contribution in [-0.2, 0) is 4.74 Å². The summed E-state index contributed by atoms with van der Waals surface area (Å²) in [6, 6.07) is 14.7. The van der Waals surface area contributed by atoms with Crippen LogP contribution >= 0.6 is 0 Å². The van der Waals surface area contributed by atoms with Crippen molar-refractivity contribution in [3.05, 3.63) is 58.9 Å². The minimum absolute atomic E-state index is 0.147. The van der Waals surface area contributed by atoms with Gasteiger partial charge in [-0.1, -0.05) is 24.3 Å². The van der Waals surface area contributed by atoms with Gasteiger partial charge in [0.05, 0.1) is 17.5 Å². The van der Waals surface area contributed by atoms with E-state index in [2.05, 4.69) is 9.97 Å². The van der Waals surface area contributed by atoms with Crippen LogP contribution in [0.1, 0.15) is 0 Å². The van der Waals surface area contributed by atoms with E-state index in [1.54, 1.807) is 13.2 Å². The minimum atomic E-state index is -0.147. The Balaban J connectivity index is 1.97. The first kappa shape index (κ1) is 14.3. The predicted molar refractivity (Wildman–Crippen MR) is 85.2 cm³/mol. The van der Waals surface area contributed by atoms with Gasteiger partial charge in [0.1, 0.15) is 18.2 Å². The maximum atomic E-state index is 12.1. The van der Waals surface area contributed by atoms with E-state index in [1.165, 1.54) is 0 Å². The zero-order valence-corrected chi connectivity index (χ0v) is 12.2. The summed E-state index contributed by atoms with van der Waals surface area (Å²) in [6.45, 7) is 0.997. The van der Waals surface area contributed by atoms with Crippen molar-refractivity contribution in [3.8, 4) is 17.1 Å². The zero-order valence-electron chi connectivity index (χ0n) is 12.2. The molecule has 0 spiro atoms. The molecule has 0 aliphatic rings. The van der Waals surface area contributed by atoms with Gasteiger partial charge in [0, 0.05) is 12.7 Å². The number of para-hydroxylation sites is 1. The molecule has 5 heteroatoms. The average molecular weight is 296 g/mol. The van der Waals surface area contributed by atoms with Crippen LogP contribution in [0.15, 0.2) is 53.3 Å². The van der Waals surface area contributed by atoms with Gasteiger partial charge in [-0.25, -0.2) is 4.98 Å². The number of H-pyrrole nitrogens is 1. The van der Waals surface area contributed by atoms with Crippen molar-refractivity contribution >= 4 is 10.9 Å². The third-order valence-electron chi connectivity index (χ3n) is 3.28. The Morgan fingerprint density at radius 1 is 1.09 bits per heavy atom. The number of nitrogens with zero attached hydrogens (tertiary/aromatic N) is 1. The standard InChI is InChI=1S/C17H16N2O3/c1-21-9-10-22-13-6-4-5-12(11-13)16-18-15-8-3-2-7-14(15)17(20)19-16/h2-8,11H,9-10H2,1H3,(H,18,19,20).